The minimum atomic E-state index is -0.524. The molecule has 7 heteroatoms. The molecule has 0 spiro atoms. The maximum Gasteiger partial charge on any atom is 0.323 e. The zero-order valence-corrected chi connectivity index (χ0v) is 11.5. The zero-order chi connectivity index (χ0) is 13.7. The highest BCUT2D eigenvalue weighted by Crippen LogP contribution is 2.37. The van der Waals surface area contributed by atoms with E-state index in [4.69, 9.17) is 4.74 Å². The molecule has 1 rings (SSSR count). The molecule has 0 radical (unpaired) electrons. The summed E-state index contributed by atoms with van der Waals surface area (Å²) >= 11 is 1.03. The van der Waals surface area contributed by atoms with E-state index in [0.29, 0.717) is 11.5 Å². The molecule has 0 aromatic carbocycles. The smallest absolute Gasteiger partial charge is 0.323 e. The number of ketones is 1. The Hall–Kier alpha value is -1.47. The van der Waals surface area contributed by atoms with Crippen LogP contribution in [0.2, 0.25) is 0 Å². The van der Waals surface area contributed by atoms with Gasteiger partial charge in [0.2, 0.25) is 0 Å². The van der Waals surface area contributed by atoms with Crippen LogP contribution in [0, 0.1) is 10.1 Å². The maximum absolute atomic E-state index is 11.2. The molecule has 1 aromatic heterocycles. The molecule has 0 atom stereocenters. The van der Waals surface area contributed by atoms with Gasteiger partial charge in [-0.05, 0) is 27.4 Å². The van der Waals surface area contributed by atoms with Crippen LogP contribution in [0.1, 0.15) is 23.0 Å². The lowest BCUT2D eigenvalue weighted by molar-refractivity contribution is -0.385. The Bertz CT molecular complexity index is 442. The quantitative estimate of drug-likeness (QED) is 0.329. The summed E-state index contributed by atoms with van der Waals surface area (Å²) in [5, 5.41) is 11.0. The maximum atomic E-state index is 11.2. The summed E-state index contributed by atoms with van der Waals surface area (Å²) in [6, 6.07) is 1.27. The first-order valence-corrected chi connectivity index (χ1v) is 6.30. The van der Waals surface area contributed by atoms with Crippen LogP contribution in [0.25, 0.3) is 0 Å². The van der Waals surface area contributed by atoms with Gasteiger partial charge in [0.05, 0.1) is 16.4 Å². The van der Waals surface area contributed by atoms with E-state index in [-0.39, 0.29) is 16.5 Å². The average molecular weight is 272 g/mol. The second-order valence-corrected chi connectivity index (χ2v) is 5.12. The average Bonchev–Trinajstić information content (AvgIpc) is 2.68. The van der Waals surface area contributed by atoms with Gasteiger partial charge in [-0.15, -0.1) is 0 Å². The van der Waals surface area contributed by atoms with Crippen molar-refractivity contribution in [1.29, 1.82) is 0 Å². The number of Topliss-reactive ketones (excluding diaryl/α,β-unsaturated/α-hetero) is 1. The summed E-state index contributed by atoms with van der Waals surface area (Å²) in [6.07, 6.45) is 0.775. The number of nitro groups is 1. The van der Waals surface area contributed by atoms with Gasteiger partial charge in [-0.1, -0.05) is 11.3 Å². The van der Waals surface area contributed by atoms with Gasteiger partial charge >= 0.3 is 5.69 Å². The largest absolute Gasteiger partial charge is 0.479 e. The number of rotatable bonds is 7. The number of ether oxygens (including phenoxy) is 1. The Balaban J connectivity index is 2.68. The molecule has 0 aliphatic carbocycles. The normalized spacial score (nSPS) is 10.7. The van der Waals surface area contributed by atoms with Crippen molar-refractivity contribution in [3.8, 4) is 5.06 Å². The van der Waals surface area contributed by atoms with Crippen molar-refractivity contribution in [3.05, 3.63) is 21.1 Å². The molecular formula is C11H16N2O4S. The molecule has 0 aliphatic heterocycles. The van der Waals surface area contributed by atoms with E-state index in [1.54, 1.807) is 0 Å². The lowest BCUT2D eigenvalue weighted by Crippen LogP contribution is -2.15. The van der Waals surface area contributed by atoms with Crippen molar-refractivity contribution in [2.24, 2.45) is 0 Å². The number of nitrogens with zero attached hydrogens (tertiary/aromatic N) is 2. The molecule has 0 amide bonds. The van der Waals surface area contributed by atoms with Gasteiger partial charge < -0.3 is 9.64 Å². The Morgan fingerprint density at radius 2 is 2.22 bits per heavy atom. The van der Waals surface area contributed by atoms with Crippen LogP contribution in [0.5, 0.6) is 5.06 Å². The third kappa shape index (κ3) is 4.08. The van der Waals surface area contributed by atoms with Crippen molar-refractivity contribution >= 4 is 22.8 Å². The highest BCUT2D eigenvalue weighted by Gasteiger charge is 2.22. The van der Waals surface area contributed by atoms with Crippen LogP contribution >= 0.6 is 11.3 Å². The fraction of sp³-hybridized carbons (Fsp3) is 0.545. The first kappa shape index (κ1) is 14.6. The Labute approximate surface area is 109 Å². The van der Waals surface area contributed by atoms with Gasteiger partial charge in [0.25, 0.3) is 5.06 Å². The monoisotopic (exact) mass is 272 g/mol. The highest BCUT2D eigenvalue weighted by atomic mass is 32.1. The minimum absolute atomic E-state index is 0.130. The number of carbonyl (C=O) groups excluding carboxylic acids is 1. The first-order valence-electron chi connectivity index (χ1n) is 5.48. The molecule has 0 saturated carbocycles. The van der Waals surface area contributed by atoms with Crippen LogP contribution in [-0.2, 0) is 0 Å². The summed E-state index contributed by atoms with van der Waals surface area (Å²) in [5.41, 5.74) is -0.130. The standard InChI is InChI=1S/C11H16N2O4S/c1-8(14)10-7-9(13(15)16)11(18-10)17-6-4-5-12(2)3/h7H,4-6H2,1-3H3. The Morgan fingerprint density at radius 1 is 1.56 bits per heavy atom. The third-order valence-electron chi connectivity index (χ3n) is 2.21. The number of hydrogen-bond donors (Lipinski definition) is 0. The first-order chi connectivity index (χ1) is 8.41. The summed E-state index contributed by atoms with van der Waals surface area (Å²) in [7, 11) is 3.89. The summed E-state index contributed by atoms with van der Waals surface area (Å²) in [6.45, 7) is 2.63. The number of carbonyl (C=O) groups is 1. The van der Waals surface area contributed by atoms with Gasteiger partial charge in [-0.2, -0.15) is 0 Å². The molecule has 0 N–H and O–H groups in total. The van der Waals surface area contributed by atoms with Crippen molar-refractivity contribution in [2.75, 3.05) is 27.2 Å². The predicted molar refractivity (Wildman–Crippen MR) is 69.6 cm³/mol. The lowest BCUT2D eigenvalue weighted by Gasteiger charge is -2.08. The Kier molecular flexibility index (Phi) is 5.24. The molecule has 0 saturated heterocycles. The Morgan fingerprint density at radius 3 is 2.72 bits per heavy atom. The molecule has 0 fully saturated rings. The predicted octanol–water partition coefficient (Wildman–Crippen LogP) is 2.19. The van der Waals surface area contributed by atoms with Crippen molar-refractivity contribution in [3.63, 3.8) is 0 Å². The topological polar surface area (TPSA) is 72.7 Å². The molecule has 6 nitrogen and oxygen atoms in total. The summed E-state index contributed by atoms with van der Waals surface area (Å²) in [4.78, 5) is 23.8. The molecule has 0 bridgehead atoms. The fourth-order valence-electron chi connectivity index (χ4n) is 1.31. The molecule has 0 aliphatic rings. The molecule has 1 aromatic rings. The molecule has 1 heterocycles. The zero-order valence-electron chi connectivity index (χ0n) is 10.6. The van der Waals surface area contributed by atoms with Gasteiger partial charge in [0.15, 0.2) is 5.78 Å². The van der Waals surface area contributed by atoms with E-state index in [2.05, 4.69) is 0 Å². The van der Waals surface area contributed by atoms with E-state index in [1.807, 2.05) is 19.0 Å². The number of thiophene rings is 1. The summed E-state index contributed by atoms with van der Waals surface area (Å²) in [5.74, 6) is -0.189. The van der Waals surface area contributed by atoms with Crippen LogP contribution in [0.3, 0.4) is 0 Å². The van der Waals surface area contributed by atoms with Crippen LogP contribution in [0.15, 0.2) is 6.07 Å². The third-order valence-corrected chi connectivity index (χ3v) is 3.34. The van der Waals surface area contributed by atoms with Gasteiger partial charge in [-0.3, -0.25) is 14.9 Å². The molecular weight excluding hydrogens is 256 g/mol. The SMILES string of the molecule is CC(=O)c1cc([N+](=O)[O-])c(OCCCN(C)C)s1. The van der Waals surface area contributed by atoms with E-state index in [9.17, 15) is 14.9 Å². The van der Waals surface area contributed by atoms with Crippen LogP contribution in [-0.4, -0.2) is 42.9 Å². The second-order valence-electron chi connectivity index (χ2n) is 4.10. The van der Waals surface area contributed by atoms with E-state index in [0.717, 1.165) is 24.3 Å². The molecule has 100 valence electrons. The lowest BCUT2D eigenvalue weighted by atomic mass is 10.3. The molecule has 0 unspecified atom stereocenters. The van der Waals surface area contributed by atoms with Gasteiger partial charge in [-0.25, -0.2) is 0 Å². The summed E-state index contributed by atoms with van der Waals surface area (Å²) < 4.78 is 5.38. The molecule has 18 heavy (non-hydrogen) atoms. The van der Waals surface area contributed by atoms with Crippen molar-refractivity contribution in [1.82, 2.24) is 4.90 Å². The number of hydrogen-bond acceptors (Lipinski definition) is 6. The van der Waals surface area contributed by atoms with E-state index < -0.39 is 4.92 Å². The van der Waals surface area contributed by atoms with Crippen molar-refractivity contribution < 1.29 is 14.5 Å². The van der Waals surface area contributed by atoms with Crippen molar-refractivity contribution in [2.45, 2.75) is 13.3 Å². The van der Waals surface area contributed by atoms with Gasteiger partial charge in [0, 0.05) is 12.6 Å². The minimum Gasteiger partial charge on any atom is -0.479 e. The van der Waals surface area contributed by atoms with Gasteiger partial charge in [0.1, 0.15) is 0 Å². The second kappa shape index (κ2) is 6.46. The fourth-order valence-corrected chi connectivity index (χ4v) is 2.21. The van der Waals surface area contributed by atoms with Crippen LogP contribution in [0.4, 0.5) is 5.69 Å². The van der Waals surface area contributed by atoms with E-state index in [1.165, 1.54) is 13.0 Å². The van der Waals surface area contributed by atoms with E-state index >= 15 is 0 Å². The highest BCUT2D eigenvalue weighted by molar-refractivity contribution is 7.16. The van der Waals surface area contributed by atoms with Crippen LogP contribution < -0.4 is 4.74 Å².